The van der Waals surface area contributed by atoms with E-state index in [4.69, 9.17) is 10.5 Å². The molecule has 3 N–H and O–H groups in total. The number of nitrogens with zero attached hydrogens (tertiary/aromatic N) is 3. The third-order valence-electron chi connectivity index (χ3n) is 4.88. The quantitative estimate of drug-likeness (QED) is 0.837. The van der Waals surface area contributed by atoms with Gasteiger partial charge in [-0.2, -0.15) is 5.10 Å². The molecular weight excluding hydrogens is 294 g/mol. The van der Waals surface area contributed by atoms with Gasteiger partial charge in [0.05, 0.1) is 5.69 Å². The van der Waals surface area contributed by atoms with Crippen molar-refractivity contribution in [2.45, 2.75) is 31.8 Å². The van der Waals surface area contributed by atoms with Gasteiger partial charge in [0.15, 0.2) is 5.84 Å². The Morgan fingerprint density at radius 1 is 1.48 bits per heavy atom. The van der Waals surface area contributed by atoms with E-state index in [1.54, 1.807) is 0 Å². The number of hydrazone groups is 1. The van der Waals surface area contributed by atoms with E-state index in [2.05, 4.69) is 27.6 Å². The highest BCUT2D eigenvalue weighted by Gasteiger charge is 2.35. The normalized spacial score (nSPS) is 26.2. The number of anilines is 2. The fraction of sp³-hybridized carbons (Fsp3) is 0.500. The van der Waals surface area contributed by atoms with Gasteiger partial charge in [-0.3, -0.25) is 4.79 Å². The van der Waals surface area contributed by atoms with Gasteiger partial charge in [-0.05, 0) is 38.0 Å². The molecule has 7 nitrogen and oxygen atoms in total. The number of fused-ring (bicyclic) bond motifs is 3. The number of nitrogens with two attached hydrogens (primary N) is 1. The van der Waals surface area contributed by atoms with Crippen LogP contribution in [0.2, 0.25) is 0 Å². The Labute approximate surface area is 135 Å². The van der Waals surface area contributed by atoms with Gasteiger partial charge in [-0.15, -0.1) is 0 Å². The van der Waals surface area contributed by atoms with E-state index in [0.717, 1.165) is 42.3 Å². The molecule has 4 rings (SSSR count). The molecule has 1 aromatic carbocycles. The van der Waals surface area contributed by atoms with Crippen molar-refractivity contribution in [3.05, 3.63) is 18.2 Å². The van der Waals surface area contributed by atoms with Gasteiger partial charge in [-0.25, -0.2) is 5.43 Å². The Hall–Kier alpha value is -2.28. The molecule has 7 heteroatoms. The van der Waals surface area contributed by atoms with Gasteiger partial charge >= 0.3 is 0 Å². The largest absolute Gasteiger partial charge is 0.483 e. The SMILES string of the molecule is CC1C(=O)NN=C2COc3ccc(N4CCCC4CN)cc3N21. The van der Waals surface area contributed by atoms with Crippen LogP contribution in [0.4, 0.5) is 11.4 Å². The molecule has 1 fully saturated rings. The maximum atomic E-state index is 12.0. The smallest absolute Gasteiger partial charge is 0.262 e. The molecule has 0 saturated carbocycles. The van der Waals surface area contributed by atoms with Crippen molar-refractivity contribution in [2.24, 2.45) is 10.8 Å². The van der Waals surface area contributed by atoms with E-state index in [1.165, 1.54) is 0 Å². The lowest BCUT2D eigenvalue weighted by Gasteiger charge is -2.38. The third-order valence-corrected chi connectivity index (χ3v) is 4.88. The molecule has 23 heavy (non-hydrogen) atoms. The van der Waals surface area contributed by atoms with Gasteiger partial charge in [0, 0.05) is 24.8 Å². The number of carbonyl (C=O) groups is 1. The van der Waals surface area contributed by atoms with E-state index in [1.807, 2.05) is 17.9 Å². The van der Waals surface area contributed by atoms with Crippen molar-refractivity contribution in [3.8, 4) is 5.75 Å². The summed E-state index contributed by atoms with van der Waals surface area (Å²) in [6.45, 7) is 3.91. The van der Waals surface area contributed by atoms with E-state index >= 15 is 0 Å². The lowest BCUT2D eigenvalue weighted by Crippen LogP contribution is -2.55. The van der Waals surface area contributed by atoms with E-state index in [-0.39, 0.29) is 11.9 Å². The van der Waals surface area contributed by atoms with Crippen LogP contribution in [0.25, 0.3) is 0 Å². The fourth-order valence-corrected chi connectivity index (χ4v) is 3.61. The third kappa shape index (κ3) is 2.23. The number of rotatable bonds is 2. The zero-order valence-corrected chi connectivity index (χ0v) is 13.2. The van der Waals surface area contributed by atoms with E-state index in [0.29, 0.717) is 19.2 Å². The Bertz CT molecular complexity index is 674. The molecule has 1 aromatic rings. The van der Waals surface area contributed by atoms with Crippen LogP contribution in [0.3, 0.4) is 0 Å². The van der Waals surface area contributed by atoms with Crippen LogP contribution in [0.15, 0.2) is 23.3 Å². The molecule has 0 aliphatic carbocycles. The molecule has 122 valence electrons. The van der Waals surface area contributed by atoms with Crippen molar-refractivity contribution in [1.82, 2.24) is 5.43 Å². The Balaban J connectivity index is 1.74. The van der Waals surface area contributed by atoms with Crippen LogP contribution < -0.4 is 25.7 Å². The fourth-order valence-electron chi connectivity index (χ4n) is 3.61. The maximum Gasteiger partial charge on any atom is 0.262 e. The highest BCUT2D eigenvalue weighted by molar-refractivity contribution is 6.09. The zero-order chi connectivity index (χ0) is 16.0. The van der Waals surface area contributed by atoms with Gasteiger partial charge in [0.1, 0.15) is 18.4 Å². The number of ether oxygens (including phenoxy) is 1. The summed E-state index contributed by atoms with van der Waals surface area (Å²) in [7, 11) is 0. The number of nitrogens with one attached hydrogen (secondary N) is 1. The first-order valence-corrected chi connectivity index (χ1v) is 8.08. The average Bonchev–Trinajstić information content (AvgIpc) is 3.06. The second-order valence-corrected chi connectivity index (χ2v) is 6.22. The van der Waals surface area contributed by atoms with Crippen LogP contribution in [0, 0.1) is 0 Å². The molecule has 3 aliphatic heterocycles. The first-order chi connectivity index (χ1) is 11.2. The lowest BCUT2D eigenvalue weighted by molar-refractivity contribution is -0.122. The summed E-state index contributed by atoms with van der Waals surface area (Å²) in [5.41, 5.74) is 10.5. The van der Waals surface area contributed by atoms with Crippen molar-refractivity contribution in [2.75, 3.05) is 29.5 Å². The van der Waals surface area contributed by atoms with Crippen LogP contribution in [0.5, 0.6) is 5.75 Å². The van der Waals surface area contributed by atoms with Crippen molar-refractivity contribution in [3.63, 3.8) is 0 Å². The molecule has 0 spiro atoms. The molecule has 0 bridgehead atoms. The summed E-state index contributed by atoms with van der Waals surface area (Å²) in [6.07, 6.45) is 2.28. The Morgan fingerprint density at radius 2 is 2.35 bits per heavy atom. The first kappa shape index (κ1) is 14.3. The van der Waals surface area contributed by atoms with E-state index in [9.17, 15) is 4.79 Å². The molecule has 0 aromatic heterocycles. The monoisotopic (exact) mass is 315 g/mol. The Morgan fingerprint density at radius 3 is 3.17 bits per heavy atom. The average molecular weight is 315 g/mol. The summed E-state index contributed by atoms with van der Waals surface area (Å²) in [5.74, 6) is 1.42. The number of carbonyl (C=O) groups excluding carboxylic acids is 1. The molecule has 3 heterocycles. The summed E-state index contributed by atoms with van der Waals surface area (Å²) < 4.78 is 5.78. The van der Waals surface area contributed by atoms with Crippen molar-refractivity contribution in [1.29, 1.82) is 0 Å². The van der Waals surface area contributed by atoms with Gasteiger partial charge in [-0.1, -0.05) is 0 Å². The number of hydrogen-bond donors (Lipinski definition) is 2. The summed E-state index contributed by atoms with van der Waals surface area (Å²) in [4.78, 5) is 16.3. The highest BCUT2D eigenvalue weighted by atomic mass is 16.5. The van der Waals surface area contributed by atoms with Gasteiger partial charge in [0.25, 0.3) is 5.91 Å². The molecule has 2 atom stereocenters. The molecule has 0 radical (unpaired) electrons. The van der Waals surface area contributed by atoms with Crippen LogP contribution in [0.1, 0.15) is 19.8 Å². The molecule has 3 aliphatic rings. The summed E-state index contributed by atoms with van der Waals surface area (Å²) >= 11 is 0. The highest BCUT2D eigenvalue weighted by Crippen LogP contribution is 2.39. The molecule has 1 saturated heterocycles. The minimum absolute atomic E-state index is 0.104. The second-order valence-electron chi connectivity index (χ2n) is 6.22. The predicted octanol–water partition coefficient (Wildman–Crippen LogP) is 0.645. The summed E-state index contributed by atoms with van der Waals surface area (Å²) in [5, 5.41) is 4.12. The molecule has 1 amide bonds. The topological polar surface area (TPSA) is 83.2 Å². The Kier molecular flexibility index (Phi) is 3.37. The minimum atomic E-state index is -0.302. The molecule has 2 unspecified atom stereocenters. The number of amides is 1. The van der Waals surface area contributed by atoms with Gasteiger partial charge in [0.2, 0.25) is 0 Å². The van der Waals surface area contributed by atoms with Crippen LogP contribution in [-0.2, 0) is 4.79 Å². The number of benzene rings is 1. The van der Waals surface area contributed by atoms with E-state index < -0.39 is 0 Å². The maximum absolute atomic E-state index is 12.0. The minimum Gasteiger partial charge on any atom is -0.483 e. The molecular formula is C16H21N5O2. The van der Waals surface area contributed by atoms with Crippen LogP contribution >= 0.6 is 0 Å². The van der Waals surface area contributed by atoms with Crippen molar-refractivity contribution >= 4 is 23.1 Å². The number of amidine groups is 1. The zero-order valence-electron chi connectivity index (χ0n) is 13.2. The summed E-state index contributed by atoms with van der Waals surface area (Å²) in [6, 6.07) is 6.22. The second kappa shape index (κ2) is 5.42. The number of hydrogen-bond acceptors (Lipinski definition) is 6. The van der Waals surface area contributed by atoms with Gasteiger partial charge < -0.3 is 20.3 Å². The lowest BCUT2D eigenvalue weighted by atomic mass is 10.1. The van der Waals surface area contributed by atoms with Crippen LogP contribution in [-0.4, -0.2) is 43.5 Å². The standard InChI is InChI=1S/C16H21N5O2/c1-10-16(22)19-18-15-9-23-14-5-4-11(7-13(14)21(10)15)20-6-2-3-12(20)8-17/h4-5,7,10,12H,2-3,6,8-9,17H2,1H3,(H,19,22). The predicted molar refractivity (Wildman–Crippen MR) is 88.9 cm³/mol. The first-order valence-electron chi connectivity index (χ1n) is 8.08. The van der Waals surface area contributed by atoms with Crippen molar-refractivity contribution < 1.29 is 9.53 Å².